The zero-order valence-electron chi connectivity index (χ0n) is 9.70. The van der Waals surface area contributed by atoms with Gasteiger partial charge in [0, 0.05) is 13.0 Å². The quantitative estimate of drug-likeness (QED) is 0.724. The van der Waals surface area contributed by atoms with Gasteiger partial charge in [0.25, 0.3) is 0 Å². The van der Waals surface area contributed by atoms with Crippen LogP contribution in [0.15, 0.2) is 24.3 Å². The number of hydrogen-bond acceptors (Lipinski definition) is 2. The van der Waals surface area contributed by atoms with Gasteiger partial charge in [-0.25, -0.2) is 0 Å². The van der Waals surface area contributed by atoms with E-state index >= 15 is 0 Å². The molecule has 1 amide bonds. The third-order valence-corrected chi connectivity index (χ3v) is 2.40. The van der Waals surface area contributed by atoms with E-state index < -0.39 is 0 Å². The van der Waals surface area contributed by atoms with E-state index in [1.165, 1.54) is 0 Å². The number of rotatable bonds is 6. The molecule has 0 aliphatic carbocycles. The molecule has 0 fully saturated rings. The van der Waals surface area contributed by atoms with Crippen LogP contribution in [0, 0.1) is 0 Å². The predicted octanol–water partition coefficient (Wildman–Crippen LogP) is 2.24. The van der Waals surface area contributed by atoms with Crippen LogP contribution in [-0.4, -0.2) is 17.6 Å². The Bertz CT molecular complexity index is 336. The van der Waals surface area contributed by atoms with Crippen molar-refractivity contribution in [2.45, 2.75) is 32.6 Å². The number of amides is 1. The summed E-state index contributed by atoms with van der Waals surface area (Å²) in [6.45, 7) is 2.86. The lowest BCUT2D eigenvalue weighted by atomic mass is 10.1. The number of nitrogens with one attached hydrogen (secondary N) is 1. The number of aromatic hydroxyl groups is 1. The fraction of sp³-hybridized carbons (Fsp3) is 0.462. The van der Waals surface area contributed by atoms with Crippen LogP contribution in [0.1, 0.15) is 31.7 Å². The van der Waals surface area contributed by atoms with Crippen LogP contribution in [-0.2, 0) is 11.2 Å². The van der Waals surface area contributed by atoms with Crippen LogP contribution >= 0.6 is 0 Å². The predicted molar refractivity (Wildman–Crippen MR) is 64.3 cm³/mol. The molecule has 88 valence electrons. The van der Waals surface area contributed by atoms with Crippen LogP contribution in [0.5, 0.6) is 5.75 Å². The van der Waals surface area contributed by atoms with Gasteiger partial charge in [0.15, 0.2) is 0 Å². The smallest absolute Gasteiger partial charge is 0.220 e. The van der Waals surface area contributed by atoms with Crippen molar-refractivity contribution in [2.24, 2.45) is 0 Å². The Hall–Kier alpha value is -1.51. The third kappa shape index (κ3) is 4.82. The number of benzene rings is 1. The van der Waals surface area contributed by atoms with Crippen molar-refractivity contribution in [2.75, 3.05) is 6.54 Å². The average molecular weight is 221 g/mol. The Morgan fingerprint density at radius 3 is 2.94 bits per heavy atom. The van der Waals surface area contributed by atoms with Crippen molar-refractivity contribution < 1.29 is 9.90 Å². The summed E-state index contributed by atoms with van der Waals surface area (Å²) < 4.78 is 0. The molecule has 1 aromatic carbocycles. The van der Waals surface area contributed by atoms with E-state index in [4.69, 9.17) is 0 Å². The maximum Gasteiger partial charge on any atom is 0.220 e. The fourth-order valence-electron chi connectivity index (χ4n) is 1.46. The van der Waals surface area contributed by atoms with Gasteiger partial charge in [0.2, 0.25) is 5.91 Å². The first-order valence-electron chi connectivity index (χ1n) is 5.77. The molecule has 0 saturated carbocycles. The van der Waals surface area contributed by atoms with Gasteiger partial charge >= 0.3 is 0 Å². The molecule has 16 heavy (non-hydrogen) atoms. The normalized spacial score (nSPS) is 10.1. The molecule has 1 rings (SSSR count). The molecule has 2 N–H and O–H groups in total. The molecule has 0 radical (unpaired) electrons. The third-order valence-electron chi connectivity index (χ3n) is 2.40. The van der Waals surface area contributed by atoms with Crippen LogP contribution in [0.3, 0.4) is 0 Å². The number of aryl methyl sites for hydroxylation is 1. The van der Waals surface area contributed by atoms with Crippen LogP contribution in [0.25, 0.3) is 0 Å². The average Bonchev–Trinajstić information content (AvgIpc) is 2.27. The second-order valence-corrected chi connectivity index (χ2v) is 3.87. The number of carbonyl (C=O) groups excluding carboxylic acids is 1. The lowest BCUT2D eigenvalue weighted by Gasteiger charge is -2.04. The monoisotopic (exact) mass is 221 g/mol. The minimum absolute atomic E-state index is 0.0804. The van der Waals surface area contributed by atoms with Gasteiger partial charge in [-0.2, -0.15) is 0 Å². The lowest BCUT2D eigenvalue weighted by molar-refractivity contribution is -0.121. The highest BCUT2D eigenvalue weighted by Gasteiger charge is 2.01. The summed E-state index contributed by atoms with van der Waals surface area (Å²) in [4.78, 5) is 11.4. The number of phenolic OH excluding ortho intramolecular Hbond substituents is 1. The minimum Gasteiger partial charge on any atom is -0.508 e. The summed E-state index contributed by atoms with van der Waals surface area (Å²) in [5.74, 6) is 0.334. The summed E-state index contributed by atoms with van der Waals surface area (Å²) in [5.41, 5.74) is 0.991. The van der Waals surface area contributed by atoms with Crippen molar-refractivity contribution in [3.8, 4) is 5.75 Å². The Morgan fingerprint density at radius 1 is 1.44 bits per heavy atom. The van der Waals surface area contributed by atoms with E-state index in [-0.39, 0.29) is 11.7 Å². The van der Waals surface area contributed by atoms with Gasteiger partial charge in [0.05, 0.1) is 0 Å². The molecule has 0 atom stereocenters. The summed E-state index contributed by atoms with van der Waals surface area (Å²) in [6, 6.07) is 7.03. The first-order chi connectivity index (χ1) is 7.72. The van der Waals surface area contributed by atoms with Crippen LogP contribution in [0.4, 0.5) is 0 Å². The molecule has 3 heteroatoms. The molecule has 0 aliphatic heterocycles. The number of carbonyl (C=O) groups is 1. The number of unbranched alkanes of at least 4 members (excludes halogenated alkanes) is 1. The van der Waals surface area contributed by atoms with Crippen LogP contribution < -0.4 is 5.32 Å². The number of hydrogen-bond donors (Lipinski definition) is 2. The molecule has 0 aliphatic rings. The van der Waals surface area contributed by atoms with Crippen LogP contribution in [0.2, 0.25) is 0 Å². The van der Waals surface area contributed by atoms with Gasteiger partial charge in [-0.05, 0) is 30.5 Å². The van der Waals surface area contributed by atoms with Gasteiger partial charge in [-0.1, -0.05) is 25.5 Å². The highest BCUT2D eigenvalue weighted by atomic mass is 16.3. The molecular formula is C13H19NO2. The second-order valence-electron chi connectivity index (χ2n) is 3.87. The summed E-state index contributed by atoms with van der Waals surface area (Å²) >= 11 is 0. The van der Waals surface area contributed by atoms with Crippen molar-refractivity contribution in [1.82, 2.24) is 5.32 Å². The molecule has 0 unspecified atom stereocenters. The molecular weight excluding hydrogens is 202 g/mol. The first kappa shape index (κ1) is 12.6. The zero-order chi connectivity index (χ0) is 11.8. The number of phenols is 1. The van der Waals surface area contributed by atoms with Gasteiger partial charge in [-0.3, -0.25) is 4.79 Å². The SMILES string of the molecule is CCCCNC(=O)CCc1cccc(O)c1. The molecule has 0 saturated heterocycles. The lowest BCUT2D eigenvalue weighted by Crippen LogP contribution is -2.24. The van der Waals surface area contributed by atoms with E-state index in [1.807, 2.05) is 6.07 Å². The summed E-state index contributed by atoms with van der Waals surface area (Å²) in [7, 11) is 0. The summed E-state index contributed by atoms with van der Waals surface area (Å²) in [6.07, 6.45) is 3.27. The molecule has 1 aromatic rings. The zero-order valence-corrected chi connectivity index (χ0v) is 9.70. The van der Waals surface area contributed by atoms with Gasteiger partial charge < -0.3 is 10.4 Å². The molecule has 0 aromatic heterocycles. The largest absolute Gasteiger partial charge is 0.508 e. The van der Waals surface area contributed by atoms with Crippen molar-refractivity contribution in [3.63, 3.8) is 0 Å². The first-order valence-corrected chi connectivity index (χ1v) is 5.77. The minimum atomic E-state index is 0.0804. The Kier molecular flexibility index (Phi) is 5.40. The van der Waals surface area contributed by atoms with E-state index in [0.29, 0.717) is 12.8 Å². The molecule has 0 bridgehead atoms. The Labute approximate surface area is 96.5 Å². The van der Waals surface area contributed by atoms with Crippen molar-refractivity contribution in [3.05, 3.63) is 29.8 Å². The van der Waals surface area contributed by atoms with E-state index in [0.717, 1.165) is 24.9 Å². The second kappa shape index (κ2) is 6.88. The van der Waals surface area contributed by atoms with Gasteiger partial charge in [0.1, 0.15) is 5.75 Å². The van der Waals surface area contributed by atoms with E-state index in [9.17, 15) is 9.90 Å². The molecule has 0 heterocycles. The highest BCUT2D eigenvalue weighted by Crippen LogP contribution is 2.12. The van der Waals surface area contributed by atoms with Crippen molar-refractivity contribution >= 4 is 5.91 Å². The Balaban J connectivity index is 2.26. The standard InChI is InChI=1S/C13H19NO2/c1-2-3-9-14-13(16)8-7-11-5-4-6-12(15)10-11/h4-6,10,15H,2-3,7-9H2,1H3,(H,14,16). The maximum absolute atomic E-state index is 11.4. The van der Waals surface area contributed by atoms with E-state index in [1.54, 1.807) is 18.2 Å². The molecule has 0 spiro atoms. The Morgan fingerprint density at radius 2 is 2.25 bits per heavy atom. The van der Waals surface area contributed by atoms with Crippen molar-refractivity contribution in [1.29, 1.82) is 0 Å². The van der Waals surface area contributed by atoms with Gasteiger partial charge in [-0.15, -0.1) is 0 Å². The fourth-order valence-corrected chi connectivity index (χ4v) is 1.46. The maximum atomic E-state index is 11.4. The highest BCUT2D eigenvalue weighted by molar-refractivity contribution is 5.76. The summed E-state index contributed by atoms with van der Waals surface area (Å²) in [5, 5.41) is 12.1. The topological polar surface area (TPSA) is 49.3 Å². The van der Waals surface area contributed by atoms with E-state index in [2.05, 4.69) is 12.2 Å². The molecule has 3 nitrogen and oxygen atoms in total.